The number of carbonyl (C=O) groups excluding carboxylic acids is 2. The largest absolute Gasteiger partial charge is 0.484 e. The fourth-order valence-corrected chi connectivity index (χ4v) is 5.70. The molecule has 0 bridgehead atoms. The summed E-state index contributed by atoms with van der Waals surface area (Å²) in [6.45, 7) is 0.151. The van der Waals surface area contributed by atoms with E-state index < -0.39 is 0 Å². The lowest BCUT2D eigenvalue weighted by molar-refractivity contribution is -0.122. The molecule has 5 rings (SSSR count). The summed E-state index contributed by atoms with van der Waals surface area (Å²) in [6, 6.07) is 7.48. The van der Waals surface area contributed by atoms with Crippen LogP contribution in [0.2, 0.25) is 5.02 Å². The van der Waals surface area contributed by atoms with E-state index in [2.05, 4.69) is 20.3 Å². The second-order valence-electron chi connectivity index (χ2n) is 10.3. The summed E-state index contributed by atoms with van der Waals surface area (Å²) in [4.78, 5) is 38.3. The highest BCUT2D eigenvalue weighted by Gasteiger charge is 2.28. The molecule has 1 fully saturated rings. The molecular formula is C29H33ClN4O4. The number of anilines is 1. The number of nitrogens with one attached hydrogen (secondary N) is 1. The SMILES string of the molecule is COc1ccc2ncc(Cl)c(NC(=O)C3CCCC(CCCCCc4ccc5c(n4)CC(=O)CO5)C3)c2n1. The standard InChI is InChI=1S/C29H33ClN4O4/c1-37-26-13-11-23-28(33-26)27(22(30)16-31-23)34-29(36)19-8-5-7-18(14-19)6-3-2-4-9-20-10-12-25-24(32-20)15-21(35)17-38-25/h10-13,16,18-19H,2-9,14-15,17H2,1H3,(H,31,34,36). The number of ketones is 1. The van der Waals surface area contributed by atoms with E-state index in [0.29, 0.717) is 40.0 Å². The predicted molar refractivity (Wildman–Crippen MR) is 146 cm³/mol. The Bertz CT molecular complexity index is 1330. The second kappa shape index (κ2) is 12.1. The van der Waals surface area contributed by atoms with Crippen molar-refractivity contribution in [1.29, 1.82) is 0 Å². The number of amides is 1. The van der Waals surface area contributed by atoms with E-state index in [1.165, 1.54) is 6.42 Å². The average Bonchev–Trinajstić information content (AvgIpc) is 2.94. The highest BCUT2D eigenvalue weighted by atomic mass is 35.5. The molecule has 2 unspecified atom stereocenters. The lowest BCUT2D eigenvalue weighted by Crippen LogP contribution is -2.28. The molecule has 0 aromatic carbocycles. The fourth-order valence-electron chi connectivity index (χ4n) is 5.52. The molecule has 38 heavy (non-hydrogen) atoms. The van der Waals surface area contributed by atoms with Crippen LogP contribution < -0.4 is 14.8 Å². The number of unbranched alkanes of at least 4 members (excludes halogenated alkanes) is 2. The molecule has 1 N–H and O–H groups in total. The van der Waals surface area contributed by atoms with Crippen molar-refractivity contribution in [3.05, 3.63) is 46.9 Å². The van der Waals surface area contributed by atoms with Crippen molar-refractivity contribution < 1.29 is 19.1 Å². The van der Waals surface area contributed by atoms with Crippen LogP contribution in [0.25, 0.3) is 11.0 Å². The van der Waals surface area contributed by atoms with Gasteiger partial charge in [-0.2, -0.15) is 0 Å². The summed E-state index contributed by atoms with van der Waals surface area (Å²) in [5.74, 6) is 1.77. The van der Waals surface area contributed by atoms with E-state index in [4.69, 9.17) is 21.1 Å². The topological polar surface area (TPSA) is 103 Å². The lowest BCUT2D eigenvalue weighted by Gasteiger charge is -2.28. The van der Waals surface area contributed by atoms with Gasteiger partial charge in [0.25, 0.3) is 0 Å². The zero-order valence-corrected chi connectivity index (χ0v) is 22.4. The Kier molecular flexibility index (Phi) is 8.37. The van der Waals surface area contributed by atoms with Crippen LogP contribution in [0.3, 0.4) is 0 Å². The summed E-state index contributed by atoms with van der Waals surface area (Å²) in [5, 5.41) is 3.41. The number of fused-ring (bicyclic) bond motifs is 2. The van der Waals surface area contributed by atoms with Gasteiger partial charge in [0, 0.05) is 23.9 Å². The van der Waals surface area contributed by atoms with Gasteiger partial charge in [0.15, 0.2) is 5.78 Å². The van der Waals surface area contributed by atoms with Gasteiger partial charge in [-0.3, -0.25) is 19.6 Å². The minimum atomic E-state index is -0.0386. The number of ether oxygens (including phenoxy) is 2. The van der Waals surface area contributed by atoms with Crippen LogP contribution in [-0.2, 0) is 22.4 Å². The molecule has 1 amide bonds. The molecule has 3 aromatic heterocycles. The number of halogens is 1. The Labute approximate surface area is 227 Å². The van der Waals surface area contributed by atoms with Gasteiger partial charge in [-0.15, -0.1) is 0 Å². The number of carbonyl (C=O) groups is 2. The highest BCUT2D eigenvalue weighted by molar-refractivity contribution is 6.35. The number of aromatic nitrogens is 3. The third-order valence-corrected chi connectivity index (χ3v) is 7.83. The highest BCUT2D eigenvalue weighted by Crippen LogP contribution is 2.35. The maximum absolute atomic E-state index is 13.2. The van der Waals surface area contributed by atoms with Crippen LogP contribution in [0.15, 0.2) is 30.5 Å². The van der Waals surface area contributed by atoms with Crippen molar-refractivity contribution in [3.63, 3.8) is 0 Å². The molecule has 9 heteroatoms. The molecule has 0 saturated heterocycles. The molecule has 3 aromatic rings. The van der Waals surface area contributed by atoms with Gasteiger partial charge in [-0.05, 0) is 49.8 Å². The quantitative estimate of drug-likeness (QED) is 0.348. The summed E-state index contributed by atoms with van der Waals surface area (Å²) < 4.78 is 10.7. The number of pyridine rings is 3. The van der Waals surface area contributed by atoms with Crippen LogP contribution >= 0.6 is 11.6 Å². The van der Waals surface area contributed by atoms with E-state index in [9.17, 15) is 9.59 Å². The molecule has 1 aliphatic carbocycles. The average molecular weight is 537 g/mol. The molecule has 2 aliphatic rings. The number of nitrogens with zero attached hydrogens (tertiary/aromatic N) is 3. The van der Waals surface area contributed by atoms with E-state index in [0.717, 1.165) is 68.5 Å². The van der Waals surface area contributed by atoms with Crippen molar-refractivity contribution in [2.45, 2.75) is 64.2 Å². The predicted octanol–water partition coefficient (Wildman–Crippen LogP) is 5.74. The molecule has 8 nitrogen and oxygen atoms in total. The molecule has 4 heterocycles. The van der Waals surface area contributed by atoms with Crippen molar-refractivity contribution in [3.8, 4) is 11.6 Å². The van der Waals surface area contributed by atoms with Crippen LogP contribution in [0.1, 0.15) is 62.8 Å². The Morgan fingerprint density at radius 1 is 1.16 bits per heavy atom. The molecule has 200 valence electrons. The minimum absolute atomic E-state index is 0.00494. The first-order valence-electron chi connectivity index (χ1n) is 13.4. The maximum atomic E-state index is 13.2. The van der Waals surface area contributed by atoms with Crippen molar-refractivity contribution in [1.82, 2.24) is 15.0 Å². The number of Topliss-reactive ketones (excluding diaryl/α,β-unsaturated/α-hetero) is 1. The molecule has 1 aliphatic heterocycles. The number of hydrogen-bond donors (Lipinski definition) is 1. The minimum Gasteiger partial charge on any atom is -0.484 e. The first kappa shape index (κ1) is 26.4. The Morgan fingerprint density at radius 2 is 2.05 bits per heavy atom. The molecule has 0 spiro atoms. The summed E-state index contributed by atoms with van der Waals surface area (Å²) in [7, 11) is 1.55. The van der Waals surface area contributed by atoms with Crippen molar-refractivity contribution >= 4 is 40.0 Å². The summed E-state index contributed by atoms with van der Waals surface area (Å²) in [6.07, 6.45) is 11.3. The number of methoxy groups -OCH3 is 1. The van der Waals surface area contributed by atoms with Crippen molar-refractivity contribution in [2.24, 2.45) is 11.8 Å². The first-order valence-corrected chi connectivity index (χ1v) is 13.8. The zero-order chi connectivity index (χ0) is 26.5. The summed E-state index contributed by atoms with van der Waals surface area (Å²) >= 11 is 6.41. The smallest absolute Gasteiger partial charge is 0.227 e. The van der Waals surface area contributed by atoms with Gasteiger partial charge in [0.05, 0.1) is 35.5 Å². The van der Waals surface area contributed by atoms with Crippen LogP contribution in [0.5, 0.6) is 11.6 Å². The number of rotatable bonds is 9. The van der Waals surface area contributed by atoms with E-state index >= 15 is 0 Å². The number of hydrogen-bond acceptors (Lipinski definition) is 7. The molecule has 1 saturated carbocycles. The normalized spacial score (nSPS) is 19.1. The van der Waals surface area contributed by atoms with Gasteiger partial charge in [0.1, 0.15) is 17.9 Å². The molecule has 2 atom stereocenters. The van der Waals surface area contributed by atoms with E-state index in [1.807, 2.05) is 12.1 Å². The summed E-state index contributed by atoms with van der Waals surface area (Å²) in [5.41, 5.74) is 3.46. The Hall–Kier alpha value is -3.26. The zero-order valence-electron chi connectivity index (χ0n) is 21.7. The molecule has 0 radical (unpaired) electrons. The van der Waals surface area contributed by atoms with Gasteiger partial charge in [-0.1, -0.05) is 43.7 Å². The van der Waals surface area contributed by atoms with Crippen LogP contribution in [0.4, 0.5) is 5.69 Å². The van der Waals surface area contributed by atoms with Gasteiger partial charge < -0.3 is 14.8 Å². The maximum Gasteiger partial charge on any atom is 0.227 e. The Morgan fingerprint density at radius 3 is 2.92 bits per heavy atom. The van der Waals surface area contributed by atoms with E-state index in [1.54, 1.807) is 25.4 Å². The first-order chi connectivity index (χ1) is 18.5. The Balaban J connectivity index is 1.10. The lowest BCUT2D eigenvalue weighted by atomic mass is 9.78. The third-order valence-electron chi connectivity index (χ3n) is 7.54. The van der Waals surface area contributed by atoms with Crippen molar-refractivity contribution in [2.75, 3.05) is 19.0 Å². The molecular weight excluding hydrogens is 504 g/mol. The third kappa shape index (κ3) is 6.23. The van der Waals surface area contributed by atoms with Gasteiger partial charge in [-0.25, -0.2) is 4.98 Å². The fraction of sp³-hybridized carbons (Fsp3) is 0.483. The van der Waals surface area contributed by atoms with Crippen LogP contribution in [-0.4, -0.2) is 40.4 Å². The van der Waals surface area contributed by atoms with E-state index in [-0.39, 0.29) is 24.2 Å². The van der Waals surface area contributed by atoms with Gasteiger partial charge >= 0.3 is 0 Å². The second-order valence-corrected chi connectivity index (χ2v) is 10.7. The number of aryl methyl sites for hydroxylation is 1. The monoisotopic (exact) mass is 536 g/mol. The van der Waals surface area contributed by atoms with Gasteiger partial charge in [0.2, 0.25) is 11.8 Å². The van der Waals surface area contributed by atoms with Crippen LogP contribution in [0, 0.1) is 11.8 Å².